The Balaban J connectivity index is 1.89. The maximum atomic E-state index is 11.6. The van der Waals surface area contributed by atoms with Gasteiger partial charge in [-0.3, -0.25) is 4.79 Å². The van der Waals surface area contributed by atoms with Crippen LogP contribution in [0.3, 0.4) is 0 Å². The Morgan fingerprint density at radius 2 is 2.12 bits per heavy atom. The zero-order valence-electron chi connectivity index (χ0n) is 9.99. The molecule has 2 nitrogen and oxygen atoms in total. The van der Waals surface area contributed by atoms with Crippen molar-refractivity contribution >= 4 is 5.91 Å². The third-order valence-corrected chi connectivity index (χ3v) is 3.12. The van der Waals surface area contributed by atoms with Crippen LogP contribution in [0.5, 0.6) is 0 Å². The van der Waals surface area contributed by atoms with Gasteiger partial charge in [0, 0.05) is 12.0 Å². The molecule has 1 unspecified atom stereocenters. The van der Waals surface area contributed by atoms with Gasteiger partial charge in [-0.2, -0.15) is 0 Å². The highest BCUT2D eigenvalue weighted by atomic mass is 16.2. The number of benzene rings is 1. The normalized spacial score (nSPS) is 16.9. The van der Waals surface area contributed by atoms with Crippen molar-refractivity contribution in [3.8, 4) is 0 Å². The van der Waals surface area contributed by atoms with Crippen LogP contribution >= 0.6 is 0 Å². The van der Waals surface area contributed by atoms with Gasteiger partial charge in [-0.25, -0.2) is 0 Å². The summed E-state index contributed by atoms with van der Waals surface area (Å²) in [6, 6.07) is 8.58. The van der Waals surface area contributed by atoms with E-state index in [1.807, 2.05) is 6.07 Å². The fraction of sp³-hybridized carbons (Fsp3) is 0.500. The van der Waals surface area contributed by atoms with Gasteiger partial charge in [0.1, 0.15) is 0 Å². The molecule has 0 saturated heterocycles. The zero-order chi connectivity index (χ0) is 11.5. The van der Waals surface area contributed by atoms with Crippen molar-refractivity contribution in [2.24, 2.45) is 5.92 Å². The summed E-state index contributed by atoms with van der Waals surface area (Å²) < 4.78 is 0. The zero-order valence-corrected chi connectivity index (χ0v) is 9.99. The van der Waals surface area contributed by atoms with Gasteiger partial charge in [0.2, 0.25) is 5.91 Å². The highest BCUT2D eigenvalue weighted by molar-refractivity contribution is 5.81. The molecule has 0 heterocycles. The summed E-state index contributed by atoms with van der Waals surface area (Å²) in [5, 5.41) is 3.08. The Labute approximate surface area is 97.1 Å². The summed E-state index contributed by atoms with van der Waals surface area (Å²) in [7, 11) is 0. The number of amides is 1. The Morgan fingerprint density at radius 1 is 1.44 bits per heavy atom. The number of carbonyl (C=O) groups excluding carboxylic acids is 1. The molecule has 1 amide bonds. The predicted molar refractivity (Wildman–Crippen MR) is 65.2 cm³/mol. The molecule has 1 aliphatic rings. The molecule has 1 fully saturated rings. The van der Waals surface area contributed by atoms with Crippen molar-refractivity contribution in [3.05, 3.63) is 35.4 Å². The van der Waals surface area contributed by atoms with Crippen LogP contribution in [0.15, 0.2) is 24.3 Å². The van der Waals surface area contributed by atoms with Crippen molar-refractivity contribution in [1.29, 1.82) is 0 Å². The third-order valence-electron chi connectivity index (χ3n) is 3.12. The summed E-state index contributed by atoms with van der Waals surface area (Å²) in [6.45, 7) is 4.19. The fourth-order valence-corrected chi connectivity index (χ4v) is 1.93. The SMILES string of the molecule is Cc1ccccc1CC(C)NC(=O)C1CC1. The van der Waals surface area contributed by atoms with Crippen molar-refractivity contribution in [2.45, 2.75) is 39.2 Å². The first-order chi connectivity index (χ1) is 7.66. The molecule has 1 aromatic rings. The first kappa shape index (κ1) is 11.2. The highest BCUT2D eigenvalue weighted by Crippen LogP contribution is 2.28. The Hall–Kier alpha value is -1.31. The van der Waals surface area contributed by atoms with Crippen LogP contribution in [-0.2, 0) is 11.2 Å². The van der Waals surface area contributed by atoms with Crippen LogP contribution in [0.4, 0.5) is 0 Å². The minimum atomic E-state index is 0.231. The van der Waals surface area contributed by atoms with Crippen molar-refractivity contribution < 1.29 is 4.79 Å². The van der Waals surface area contributed by atoms with E-state index >= 15 is 0 Å². The predicted octanol–water partition coefficient (Wildman–Crippen LogP) is 2.45. The molecule has 2 rings (SSSR count). The molecule has 0 aliphatic heterocycles. The molecule has 1 atom stereocenters. The molecule has 0 aromatic heterocycles. The number of aryl methyl sites for hydroxylation is 1. The van der Waals surface area contributed by atoms with E-state index in [-0.39, 0.29) is 11.9 Å². The molecule has 86 valence electrons. The second-order valence-corrected chi connectivity index (χ2v) is 4.81. The van der Waals surface area contributed by atoms with Crippen LogP contribution in [0.25, 0.3) is 0 Å². The Morgan fingerprint density at radius 3 is 2.75 bits per heavy atom. The van der Waals surface area contributed by atoms with E-state index in [1.165, 1.54) is 11.1 Å². The maximum Gasteiger partial charge on any atom is 0.223 e. The second kappa shape index (κ2) is 4.69. The number of hydrogen-bond acceptors (Lipinski definition) is 1. The Kier molecular flexibility index (Phi) is 3.28. The van der Waals surface area contributed by atoms with Gasteiger partial charge in [0.15, 0.2) is 0 Å². The number of nitrogens with one attached hydrogen (secondary N) is 1. The first-order valence-electron chi connectivity index (χ1n) is 6.01. The van der Waals surface area contributed by atoms with Crippen molar-refractivity contribution in [1.82, 2.24) is 5.32 Å². The van der Waals surface area contributed by atoms with Crippen LogP contribution in [0, 0.1) is 12.8 Å². The van der Waals surface area contributed by atoms with E-state index in [0.717, 1.165) is 19.3 Å². The van der Waals surface area contributed by atoms with Gasteiger partial charge in [0.05, 0.1) is 0 Å². The molecular weight excluding hydrogens is 198 g/mol. The van der Waals surface area contributed by atoms with E-state index in [0.29, 0.717) is 5.92 Å². The molecule has 1 aliphatic carbocycles. The number of hydrogen-bond donors (Lipinski definition) is 1. The average Bonchev–Trinajstić information content (AvgIpc) is 3.04. The lowest BCUT2D eigenvalue weighted by atomic mass is 10.0. The lowest BCUT2D eigenvalue weighted by molar-refractivity contribution is -0.122. The third kappa shape index (κ3) is 2.84. The minimum absolute atomic E-state index is 0.231. The fourth-order valence-electron chi connectivity index (χ4n) is 1.93. The van der Waals surface area contributed by atoms with Crippen LogP contribution in [-0.4, -0.2) is 11.9 Å². The summed E-state index contributed by atoms with van der Waals surface area (Å²) in [6.07, 6.45) is 3.07. The summed E-state index contributed by atoms with van der Waals surface area (Å²) in [5.41, 5.74) is 2.63. The average molecular weight is 217 g/mol. The minimum Gasteiger partial charge on any atom is -0.353 e. The second-order valence-electron chi connectivity index (χ2n) is 4.81. The van der Waals surface area contributed by atoms with Crippen molar-refractivity contribution in [3.63, 3.8) is 0 Å². The molecule has 2 heteroatoms. The molecule has 1 N–H and O–H groups in total. The molecule has 0 radical (unpaired) electrons. The molecular formula is C14H19NO. The van der Waals surface area contributed by atoms with Gasteiger partial charge in [-0.05, 0) is 44.2 Å². The highest BCUT2D eigenvalue weighted by Gasteiger charge is 2.30. The molecule has 1 saturated carbocycles. The number of carbonyl (C=O) groups is 1. The van der Waals surface area contributed by atoms with E-state index < -0.39 is 0 Å². The van der Waals surface area contributed by atoms with Gasteiger partial charge >= 0.3 is 0 Å². The quantitative estimate of drug-likeness (QED) is 0.824. The first-order valence-corrected chi connectivity index (χ1v) is 6.01. The van der Waals surface area contributed by atoms with Gasteiger partial charge in [-0.15, -0.1) is 0 Å². The van der Waals surface area contributed by atoms with E-state index in [9.17, 15) is 4.79 Å². The lowest BCUT2D eigenvalue weighted by Gasteiger charge is -2.15. The topological polar surface area (TPSA) is 29.1 Å². The van der Waals surface area contributed by atoms with E-state index in [2.05, 4.69) is 37.4 Å². The monoisotopic (exact) mass is 217 g/mol. The van der Waals surface area contributed by atoms with Crippen LogP contribution < -0.4 is 5.32 Å². The Bertz CT molecular complexity index is 382. The summed E-state index contributed by atoms with van der Waals surface area (Å²) >= 11 is 0. The van der Waals surface area contributed by atoms with Gasteiger partial charge in [0.25, 0.3) is 0 Å². The summed E-state index contributed by atoms with van der Waals surface area (Å²) in [5.74, 6) is 0.542. The molecule has 0 bridgehead atoms. The van der Waals surface area contributed by atoms with Gasteiger partial charge < -0.3 is 5.32 Å². The standard InChI is InChI=1S/C14H19NO/c1-10-5-3-4-6-13(10)9-11(2)15-14(16)12-7-8-12/h3-6,11-12H,7-9H2,1-2H3,(H,15,16). The van der Waals surface area contributed by atoms with Crippen LogP contribution in [0.2, 0.25) is 0 Å². The number of rotatable bonds is 4. The molecule has 1 aromatic carbocycles. The van der Waals surface area contributed by atoms with Crippen LogP contribution in [0.1, 0.15) is 30.9 Å². The van der Waals surface area contributed by atoms with Crippen molar-refractivity contribution in [2.75, 3.05) is 0 Å². The lowest BCUT2D eigenvalue weighted by Crippen LogP contribution is -2.35. The molecule has 16 heavy (non-hydrogen) atoms. The molecule has 0 spiro atoms. The maximum absolute atomic E-state index is 11.6. The van der Waals surface area contributed by atoms with Gasteiger partial charge in [-0.1, -0.05) is 24.3 Å². The van der Waals surface area contributed by atoms with E-state index in [1.54, 1.807) is 0 Å². The smallest absolute Gasteiger partial charge is 0.223 e. The summed E-state index contributed by atoms with van der Waals surface area (Å²) in [4.78, 5) is 11.6. The largest absolute Gasteiger partial charge is 0.353 e. The van der Waals surface area contributed by atoms with E-state index in [4.69, 9.17) is 0 Å².